The number of halogens is 2. The zero-order chi connectivity index (χ0) is 15.2. The van der Waals surface area contributed by atoms with Crippen LogP contribution in [0, 0.1) is 0 Å². The molecule has 0 N–H and O–H groups in total. The maximum atomic E-state index is 6.60. The van der Waals surface area contributed by atoms with Gasteiger partial charge < -0.3 is 9.47 Å². The van der Waals surface area contributed by atoms with E-state index in [1.54, 1.807) is 13.2 Å². The molecule has 1 unspecified atom stereocenters. The smallest absolute Gasteiger partial charge is 0.123 e. The molecule has 0 aliphatic rings. The zero-order valence-electron chi connectivity index (χ0n) is 12.1. The number of rotatable bonds is 6. The van der Waals surface area contributed by atoms with Crippen molar-refractivity contribution in [2.75, 3.05) is 13.7 Å². The molecule has 112 valence electrons. The second kappa shape index (κ2) is 7.58. The molecule has 4 heteroatoms. The van der Waals surface area contributed by atoms with Crippen LogP contribution in [0.5, 0.6) is 11.5 Å². The Hall–Kier alpha value is -1.38. The third-order valence-corrected chi connectivity index (χ3v) is 3.81. The summed E-state index contributed by atoms with van der Waals surface area (Å²) >= 11 is 12.7. The van der Waals surface area contributed by atoms with Crippen molar-refractivity contribution in [2.45, 2.75) is 18.7 Å². The zero-order valence-corrected chi connectivity index (χ0v) is 13.6. The summed E-state index contributed by atoms with van der Waals surface area (Å²) in [5.74, 6) is 1.54. The topological polar surface area (TPSA) is 18.5 Å². The maximum Gasteiger partial charge on any atom is 0.123 e. The van der Waals surface area contributed by atoms with Gasteiger partial charge in [-0.2, -0.15) is 0 Å². The third-order valence-electron chi connectivity index (χ3n) is 3.09. The first-order chi connectivity index (χ1) is 10.2. The second-order valence-corrected chi connectivity index (χ2v) is 5.54. The number of hydrogen-bond acceptors (Lipinski definition) is 2. The first-order valence-electron chi connectivity index (χ1n) is 6.86. The van der Waals surface area contributed by atoms with E-state index in [2.05, 4.69) is 6.92 Å². The summed E-state index contributed by atoms with van der Waals surface area (Å²) in [6.07, 6.45) is 0.969. The Morgan fingerprint density at radius 2 is 1.95 bits per heavy atom. The molecule has 0 radical (unpaired) electrons. The van der Waals surface area contributed by atoms with Crippen LogP contribution in [0.1, 0.15) is 29.8 Å². The normalized spacial score (nSPS) is 12.0. The highest BCUT2D eigenvalue weighted by Gasteiger charge is 2.16. The molecule has 0 amide bonds. The van der Waals surface area contributed by atoms with Gasteiger partial charge in [0, 0.05) is 10.6 Å². The number of hydrogen-bond donors (Lipinski definition) is 0. The average molecular weight is 325 g/mol. The molecule has 0 aliphatic heterocycles. The average Bonchev–Trinajstić information content (AvgIpc) is 2.52. The lowest BCUT2D eigenvalue weighted by atomic mass is 10.0. The van der Waals surface area contributed by atoms with Crippen molar-refractivity contribution in [2.24, 2.45) is 0 Å². The van der Waals surface area contributed by atoms with Gasteiger partial charge in [-0.05, 0) is 42.3 Å². The molecule has 0 aromatic heterocycles. The minimum absolute atomic E-state index is 0.344. The van der Waals surface area contributed by atoms with E-state index < -0.39 is 0 Å². The summed E-state index contributed by atoms with van der Waals surface area (Å²) in [5.41, 5.74) is 1.80. The second-order valence-electron chi connectivity index (χ2n) is 4.67. The van der Waals surface area contributed by atoms with Gasteiger partial charge in [0.05, 0.1) is 19.1 Å². The van der Waals surface area contributed by atoms with Gasteiger partial charge in [0.25, 0.3) is 0 Å². The van der Waals surface area contributed by atoms with E-state index in [1.807, 2.05) is 36.4 Å². The minimum Gasteiger partial charge on any atom is -0.496 e. The molecule has 0 saturated carbocycles. The van der Waals surface area contributed by atoms with E-state index in [9.17, 15) is 0 Å². The molecule has 0 bridgehead atoms. The molecular weight excluding hydrogens is 307 g/mol. The molecule has 2 aromatic rings. The molecule has 1 atom stereocenters. The van der Waals surface area contributed by atoms with Crippen molar-refractivity contribution in [3.05, 3.63) is 58.6 Å². The predicted octanol–water partition coefficient (Wildman–Crippen LogP) is 5.47. The SMILES string of the molecule is CCCOc1cccc(C(Cl)c2cc(Cl)ccc2OC)c1. The van der Waals surface area contributed by atoms with Gasteiger partial charge in [-0.15, -0.1) is 11.6 Å². The van der Waals surface area contributed by atoms with Gasteiger partial charge in [-0.1, -0.05) is 30.7 Å². The van der Waals surface area contributed by atoms with Crippen LogP contribution in [0.3, 0.4) is 0 Å². The van der Waals surface area contributed by atoms with Crippen molar-refractivity contribution in [1.82, 2.24) is 0 Å². The maximum absolute atomic E-state index is 6.60. The van der Waals surface area contributed by atoms with Crippen LogP contribution in [0.4, 0.5) is 0 Å². The summed E-state index contributed by atoms with van der Waals surface area (Å²) in [7, 11) is 1.62. The highest BCUT2D eigenvalue weighted by molar-refractivity contribution is 6.31. The van der Waals surface area contributed by atoms with E-state index >= 15 is 0 Å². The summed E-state index contributed by atoms with van der Waals surface area (Å²) < 4.78 is 11.0. The fourth-order valence-corrected chi connectivity index (χ4v) is 2.55. The standard InChI is InChI=1S/C17H18Cl2O2/c1-3-9-21-14-6-4-5-12(10-14)17(19)15-11-13(18)7-8-16(15)20-2/h4-8,10-11,17H,3,9H2,1-2H3. The molecule has 21 heavy (non-hydrogen) atoms. The molecule has 0 saturated heterocycles. The van der Waals surface area contributed by atoms with Crippen LogP contribution < -0.4 is 9.47 Å². The number of ether oxygens (including phenoxy) is 2. The third kappa shape index (κ3) is 4.05. The van der Waals surface area contributed by atoms with Gasteiger partial charge in [0.1, 0.15) is 11.5 Å². The van der Waals surface area contributed by atoms with Gasteiger partial charge in [0.2, 0.25) is 0 Å². The number of benzene rings is 2. The molecule has 0 aliphatic carbocycles. The monoisotopic (exact) mass is 324 g/mol. The Morgan fingerprint density at radius 1 is 1.14 bits per heavy atom. The molecule has 0 spiro atoms. The molecular formula is C17H18Cl2O2. The Labute approximate surface area is 135 Å². The summed E-state index contributed by atoms with van der Waals surface area (Å²) in [4.78, 5) is 0. The molecule has 2 aromatic carbocycles. The molecule has 0 heterocycles. The number of alkyl halides is 1. The molecule has 2 rings (SSSR count). The van der Waals surface area contributed by atoms with Crippen LogP contribution >= 0.6 is 23.2 Å². The van der Waals surface area contributed by atoms with Gasteiger partial charge >= 0.3 is 0 Å². The van der Waals surface area contributed by atoms with E-state index in [0.29, 0.717) is 11.6 Å². The van der Waals surface area contributed by atoms with E-state index in [0.717, 1.165) is 29.0 Å². The molecule has 0 fully saturated rings. The Bertz CT molecular complexity index is 599. The van der Waals surface area contributed by atoms with Crippen molar-refractivity contribution >= 4 is 23.2 Å². The van der Waals surface area contributed by atoms with E-state index in [4.69, 9.17) is 32.7 Å². The van der Waals surface area contributed by atoms with Crippen molar-refractivity contribution < 1.29 is 9.47 Å². The highest BCUT2D eigenvalue weighted by atomic mass is 35.5. The van der Waals surface area contributed by atoms with Gasteiger partial charge in [0.15, 0.2) is 0 Å². The lowest BCUT2D eigenvalue weighted by molar-refractivity contribution is 0.317. The van der Waals surface area contributed by atoms with Crippen molar-refractivity contribution in [3.63, 3.8) is 0 Å². The Morgan fingerprint density at radius 3 is 2.67 bits per heavy atom. The van der Waals surface area contributed by atoms with Crippen LogP contribution in [0.2, 0.25) is 5.02 Å². The Kier molecular flexibility index (Phi) is 5.77. The Balaban J connectivity index is 2.31. The lowest BCUT2D eigenvalue weighted by Gasteiger charge is -2.16. The number of methoxy groups -OCH3 is 1. The van der Waals surface area contributed by atoms with Crippen molar-refractivity contribution in [1.29, 1.82) is 0 Å². The van der Waals surface area contributed by atoms with E-state index in [-0.39, 0.29) is 5.38 Å². The van der Waals surface area contributed by atoms with Crippen LogP contribution in [0.15, 0.2) is 42.5 Å². The van der Waals surface area contributed by atoms with Gasteiger partial charge in [-0.3, -0.25) is 0 Å². The van der Waals surface area contributed by atoms with Crippen LogP contribution in [0.25, 0.3) is 0 Å². The fraction of sp³-hybridized carbons (Fsp3) is 0.294. The van der Waals surface area contributed by atoms with Crippen LogP contribution in [-0.2, 0) is 0 Å². The highest BCUT2D eigenvalue weighted by Crippen LogP contribution is 2.37. The summed E-state index contributed by atoms with van der Waals surface area (Å²) in [6.45, 7) is 2.77. The first-order valence-corrected chi connectivity index (χ1v) is 7.67. The lowest BCUT2D eigenvalue weighted by Crippen LogP contribution is -1.99. The van der Waals surface area contributed by atoms with E-state index in [1.165, 1.54) is 0 Å². The molecule has 2 nitrogen and oxygen atoms in total. The van der Waals surface area contributed by atoms with Crippen molar-refractivity contribution in [3.8, 4) is 11.5 Å². The van der Waals surface area contributed by atoms with Gasteiger partial charge in [-0.25, -0.2) is 0 Å². The predicted molar refractivity (Wildman–Crippen MR) is 87.9 cm³/mol. The minimum atomic E-state index is -0.344. The summed E-state index contributed by atoms with van der Waals surface area (Å²) in [5, 5.41) is 0.290. The largest absolute Gasteiger partial charge is 0.496 e. The first kappa shape index (κ1) is 16.0. The van der Waals surface area contributed by atoms with Crippen LogP contribution in [-0.4, -0.2) is 13.7 Å². The fourth-order valence-electron chi connectivity index (χ4n) is 2.06. The quantitative estimate of drug-likeness (QED) is 0.656. The summed E-state index contributed by atoms with van der Waals surface area (Å²) in [6, 6.07) is 13.2.